The van der Waals surface area contributed by atoms with Gasteiger partial charge in [-0.15, -0.1) is 0 Å². The van der Waals surface area contributed by atoms with E-state index in [1.165, 1.54) is 47.5 Å². The predicted octanol–water partition coefficient (Wildman–Crippen LogP) is 5.36. The fraction of sp³-hybridized carbons (Fsp3) is 0.368. The molecular formula is C19H23S+. The lowest BCUT2D eigenvalue weighted by molar-refractivity contribution is 0.512. The van der Waals surface area contributed by atoms with Crippen molar-refractivity contribution in [1.29, 1.82) is 0 Å². The van der Waals surface area contributed by atoms with E-state index in [-0.39, 0.29) is 10.9 Å². The molecule has 0 aliphatic heterocycles. The quantitative estimate of drug-likeness (QED) is 0.665. The van der Waals surface area contributed by atoms with Gasteiger partial charge in [-0.25, -0.2) is 0 Å². The lowest BCUT2D eigenvalue weighted by Crippen LogP contribution is -2.24. The van der Waals surface area contributed by atoms with Gasteiger partial charge in [0, 0.05) is 0 Å². The van der Waals surface area contributed by atoms with Crippen LogP contribution in [0.5, 0.6) is 0 Å². The summed E-state index contributed by atoms with van der Waals surface area (Å²) in [5.74, 6) is 0. The largest absolute Gasteiger partial charge is 0.161 e. The first-order valence-electron chi connectivity index (χ1n) is 7.69. The zero-order chi connectivity index (χ0) is 13.8. The second-order valence-electron chi connectivity index (χ2n) is 5.72. The van der Waals surface area contributed by atoms with E-state index in [1.54, 1.807) is 0 Å². The van der Waals surface area contributed by atoms with Gasteiger partial charge in [-0.05, 0) is 56.9 Å². The van der Waals surface area contributed by atoms with Crippen molar-refractivity contribution in [3.05, 3.63) is 60.2 Å². The van der Waals surface area contributed by atoms with Gasteiger partial charge in [-0.1, -0.05) is 42.3 Å². The van der Waals surface area contributed by atoms with Gasteiger partial charge in [0.05, 0.1) is 10.9 Å². The third-order valence-corrected chi connectivity index (χ3v) is 6.86. The van der Waals surface area contributed by atoms with E-state index in [9.17, 15) is 0 Å². The van der Waals surface area contributed by atoms with E-state index in [1.807, 2.05) is 0 Å². The summed E-state index contributed by atoms with van der Waals surface area (Å²) in [5, 5.41) is 0.842. The summed E-state index contributed by atoms with van der Waals surface area (Å²) < 4.78 is 0. The van der Waals surface area contributed by atoms with Crippen LogP contribution in [0, 0.1) is 6.92 Å². The molecule has 0 nitrogen and oxygen atoms in total. The molecule has 0 N–H and O–H groups in total. The molecule has 2 aromatic rings. The van der Waals surface area contributed by atoms with Gasteiger partial charge in [-0.3, -0.25) is 0 Å². The molecule has 3 rings (SSSR count). The van der Waals surface area contributed by atoms with Crippen LogP contribution in [0.3, 0.4) is 0 Å². The topological polar surface area (TPSA) is 0 Å². The molecule has 0 spiro atoms. The van der Waals surface area contributed by atoms with Gasteiger partial charge in [0.15, 0.2) is 9.79 Å². The molecule has 0 bridgehead atoms. The Morgan fingerprint density at radius 1 is 0.750 bits per heavy atom. The molecular weight excluding hydrogens is 260 g/mol. The first-order chi connectivity index (χ1) is 9.84. The van der Waals surface area contributed by atoms with Crippen LogP contribution in [-0.4, -0.2) is 5.25 Å². The fourth-order valence-corrected chi connectivity index (χ4v) is 5.80. The first kappa shape index (κ1) is 13.8. The Morgan fingerprint density at radius 3 is 2.00 bits per heavy atom. The summed E-state index contributed by atoms with van der Waals surface area (Å²) in [7, 11) is 0.254. The summed E-state index contributed by atoms with van der Waals surface area (Å²) in [5.41, 5.74) is 1.36. The average Bonchev–Trinajstić information content (AvgIpc) is 2.52. The predicted molar refractivity (Wildman–Crippen MR) is 88.4 cm³/mol. The van der Waals surface area contributed by atoms with E-state index in [2.05, 4.69) is 61.5 Å². The minimum Gasteiger partial charge on any atom is -0.0619 e. The van der Waals surface area contributed by atoms with Gasteiger partial charge in [0.2, 0.25) is 0 Å². The molecule has 104 valence electrons. The van der Waals surface area contributed by atoms with Crippen LogP contribution in [0.4, 0.5) is 0 Å². The number of hydrogen-bond donors (Lipinski definition) is 0. The Balaban J connectivity index is 1.96. The molecule has 2 aromatic carbocycles. The van der Waals surface area contributed by atoms with Crippen molar-refractivity contribution in [2.45, 2.75) is 54.1 Å². The Labute approximate surface area is 125 Å². The van der Waals surface area contributed by atoms with E-state index in [4.69, 9.17) is 0 Å². The SMILES string of the molecule is Cc1ccc([S+](c2ccccc2)C2CCCCC2)cc1. The highest BCUT2D eigenvalue weighted by atomic mass is 32.2. The lowest BCUT2D eigenvalue weighted by Gasteiger charge is -2.22. The average molecular weight is 283 g/mol. The van der Waals surface area contributed by atoms with Crippen LogP contribution in [0.1, 0.15) is 37.7 Å². The van der Waals surface area contributed by atoms with E-state index in [0.29, 0.717) is 0 Å². The van der Waals surface area contributed by atoms with Gasteiger partial charge in [0.25, 0.3) is 0 Å². The second kappa shape index (κ2) is 6.49. The van der Waals surface area contributed by atoms with Crippen molar-refractivity contribution in [2.24, 2.45) is 0 Å². The van der Waals surface area contributed by atoms with Crippen molar-refractivity contribution in [3.63, 3.8) is 0 Å². The molecule has 0 saturated heterocycles. The zero-order valence-corrected chi connectivity index (χ0v) is 13.0. The molecule has 0 heterocycles. The first-order valence-corrected chi connectivity index (χ1v) is 8.98. The third-order valence-electron chi connectivity index (χ3n) is 4.16. The van der Waals surface area contributed by atoms with Crippen LogP contribution >= 0.6 is 0 Å². The molecule has 1 unspecified atom stereocenters. The molecule has 20 heavy (non-hydrogen) atoms. The van der Waals surface area contributed by atoms with Crippen molar-refractivity contribution < 1.29 is 0 Å². The maximum atomic E-state index is 2.35. The standard InChI is InChI=1S/C19H23S/c1-16-12-14-19(15-13-16)20(17-8-4-2-5-9-17)18-10-6-3-7-11-18/h2,4-5,8-9,12-15,18H,3,6-7,10-11H2,1H3/q+1. The molecule has 1 saturated carbocycles. The fourth-order valence-electron chi connectivity index (χ4n) is 3.07. The molecule has 1 atom stereocenters. The second-order valence-corrected chi connectivity index (χ2v) is 8.01. The summed E-state index contributed by atoms with van der Waals surface area (Å²) in [6.45, 7) is 2.17. The Kier molecular flexibility index (Phi) is 4.47. The highest BCUT2D eigenvalue weighted by Crippen LogP contribution is 2.35. The van der Waals surface area contributed by atoms with Crippen LogP contribution < -0.4 is 0 Å². The third kappa shape index (κ3) is 3.09. The van der Waals surface area contributed by atoms with Crippen LogP contribution in [-0.2, 0) is 10.9 Å². The van der Waals surface area contributed by atoms with Crippen molar-refractivity contribution in [3.8, 4) is 0 Å². The summed E-state index contributed by atoms with van der Waals surface area (Å²) >= 11 is 0. The van der Waals surface area contributed by atoms with Gasteiger partial charge >= 0.3 is 0 Å². The number of benzene rings is 2. The molecule has 1 aliphatic carbocycles. The Hall–Kier alpha value is -1.21. The van der Waals surface area contributed by atoms with Crippen molar-refractivity contribution >= 4 is 10.9 Å². The molecule has 0 aromatic heterocycles. The van der Waals surface area contributed by atoms with Gasteiger partial charge < -0.3 is 0 Å². The molecule has 0 radical (unpaired) electrons. The Bertz CT molecular complexity index is 523. The molecule has 1 heteroatoms. The summed E-state index contributed by atoms with van der Waals surface area (Å²) in [6, 6.07) is 20.4. The maximum Gasteiger partial charge on any atom is 0.161 e. The number of rotatable bonds is 3. The smallest absolute Gasteiger partial charge is 0.0619 e. The molecule has 0 amide bonds. The van der Waals surface area contributed by atoms with Crippen LogP contribution in [0.15, 0.2) is 64.4 Å². The summed E-state index contributed by atoms with van der Waals surface area (Å²) in [6.07, 6.45) is 7.04. The van der Waals surface area contributed by atoms with Crippen LogP contribution in [0.2, 0.25) is 0 Å². The van der Waals surface area contributed by atoms with E-state index >= 15 is 0 Å². The monoisotopic (exact) mass is 283 g/mol. The van der Waals surface area contributed by atoms with Crippen LogP contribution in [0.25, 0.3) is 0 Å². The zero-order valence-electron chi connectivity index (χ0n) is 12.2. The van der Waals surface area contributed by atoms with Gasteiger partial charge in [0.1, 0.15) is 5.25 Å². The highest BCUT2D eigenvalue weighted by Gasteiger charge is 2.35. The molecule has 1 aliphatic rings. The van der Waals surface area contributed by atoms with Crippen molar-refractivity contribution in [1.82, 2.24) is 0 Å². The van der Waals surface area contributed by atoms with Gasteiger partial charge in [-0.2, -0.15) is 0 Å². The maximum absolute atomic E-state index is 2.35. The van der Waals surface area contributed by atoms with E-state index < -0.39 is 0 Å². The minimum absolute atomic E-state index is 0.254. The lowest BCUT2D eigenvalue weighted by atomic mass is 10.0. The van der Waals surface area contributed by atoms with E-state index in [0.717, 1.165) is 5.25 Å². The normalized spacial score (nSPS) is 17.9. The number of hydrogen-bond acceptors (Lipinski definition) is 0. The number of aryl methyl sites for hydroxylation is 1. The minimum atomic E-state index is 0.254. The van der Waals surface area contributed by atoms with Crippen molar-refractivity contribution in [2.75, 3.05) is 0 Å². The highest BCUT2D eigenvalue weighted by molar-refractivity contribution is 7.97. The molecule has 1 fully saturated rings. The Morgan fingerprint density at radius 2 is 1.35 bits per heavy atom. The summed E-state index contributed by atoms with van der Waals surface area (Å²) in [4.78, 5) is 3.04.